The molecule has 0 aliphatic carbocycles. The van der Waals surface area contributed by atoms with Gasteiger partial charge in [0.05, 0.1) is 17.3 Å². The molecule has 126 valence electrons. The molecule has 2 aromatic rings. The Morgan fingerprint density at radius 3 is 2.79 bits per heavy atom. The van der Waals surface area contributed by atoms with Gasteiger partial charge in [-0.25, -0.2) is 4.79 Å². The third-order valence-corrected chi connectivity index (χ3v) is 4.06. The zero-order valence-corrected chi connectivity index (χ0v) is 14.6. The molecule has 24 heavy (non-hydrogen) atoms. The van der Waals surface area contributed by atoms with Crippen molar-refractivity contribution in [2.45, 2.75) is 39.8 Å². The van der Waals surface area contributed by atoms with Crippen molar-refractivity contribution >= 4 is 6.03 Å². The van der Waals surface area contributed by atoms with Gasteiger partial charge < -0.3 is 10.6 Å². The molecule has 1 aromatic carbocycles. The number of carbonyl (C=O) groups excluding carboxylic acids is 1. The summed E-state index contributed by atoms with van der Waals surface area (Å²) in [4.78, 5) is 12.0. The molecule has 6 nitrogen and oxygen atoms in total. The Balaban J connectivity index is 1.86. The quantitative estimate of drug-likeness (QED) is 0.885. The molecule has 0 unspecified atom stereocenters. The molecule has 0 fully saturated rings. The molecule has 0 radical (unpaired) electrons. The van der Waals surface area contributed by atoms with Crippen molar-refractivity contribution in [3.05, 3.63) is 52.3 Å². The highest BCUT2D eigenvalue weighted by molar-refractivity contribution is 5.74. The second-order valence-corrected chi connectivity index (χ2v) is 6.02. The lowest BCUT2D eigenvalue weighted by atomic mass is 10.1. The van der Waals surface area contributed by atoms with Gasteiger partial charge in [-0.1, -0.05) is 12.1 Å². The number of urea groups is 1. The first kappa shape index (κ1) is 17.5. The summed E-state index contributed by atoms with van der Waals surface area (Å²) in [5.74, 6) is 0. The van der Waals surface area contributed by atoms with Gasteiger partial charge in [0.15, 0.2) is 0 Å². The number of benzene rings is 1. The van der Waals surface area contributed by atoms with Gasteiger partial charge in [-0.3, -0.25) is 4.68 Å². The van der Waals surface area contributed by atoms with E-state index in [0.29, 0.717) is 12.1 Å². The molecular weight excluding hydrogens is 302 g/mol. The molecular formula is C18H23N5O. The Bertz CT molecular complexity index is 772. The Hall–Kier alpha value is -2.81. The molecule has 0 saturated heterocycles. The van der Waals surface area contributed by atoms with Crippen LogP contribution >= 0.6 is 0 Å². The van der Waals surface area contributed by atoms with Gasteiger partial charge in [0.1, 0.15) is 0 Å². The number of hydrogen-bond acceptors (Lipinski definition) is 3. The van der Waals surface area contributed by atoms with Gasteiger partial charge >= 0.3 is 6.03 Å². The second-order valence-electron chi connectivity index (χ2n) is 6.02. The second kappa shape index (κ2) is 7.64. The normalized spacial score (nSPS) is 11.6. The van der Waals surface area contributed by atoms with E-state index in [1.807, 2.05) is 44.6 Å². The lowest BCUT2D eigenvalue weighted by molar-refractivity contribution is 0.237. The van der Waals surface area contributed by atoms with Crippen LogP contribution < -0.4 is 10.6 Å². The highest BCUT2D eigenvalue weighted by Gasteiger charge is 2.14. The fraction of sp³-hybridized carbons (Fsp3) is 0.389. The molecule has 2 amide bonds. The van der Waals surface area contributed by atoms with Crippen molar-refractivity contribution in [1.82, 2.24) is 20.4 Å². The molecule has 0 bridgehead atoms. The van der Waals surface area contributed by atoms with E-state index >= 15 is 0 Å². The number of hydrogen-bond donors (Lipinski definition) is 2. The van der Waals surface area contributed by atoms with Crippen molar-refractivity contribution in [3.63, 3.8) is 0 Å². The van der Waals surface area contributed by atoms with E-state index in [1.165, 1.54) is 5.56 Å². The molecule has 0 saturated carbocycles. The van der Waals surface area contributed by atoms with Crippen molar-refractivity contribution in [3.8, 4) is 6.07 Å². The molecule has 1 heterocycles. The molecule has 1 aromatic heterocycles. The molecule has 6 heteroatoms. The Morgan fingerprint density at radius 2 is 2.17 bits per heavy atom. The predicted octanol–water partition coefficient (Wildman–Crippen LogP) is 2.34. The maximum absolute atomic E-state index is 12.0. The van der Waals surface area contributed by atoms with Gasteiger partial charge in [-0.15, -0.1) is 0 Å². The summed E-state index contributed by atoms with van der Waals surface area (Å²) in [6.07, 6.45) is 0.739. The third-order valence-electron chi connectivity index (χ3n) is 4.06. The Labute approximate surface area is 142 Å². The number of nitriles is 1. The smallest absolute Gasteiger partial charge is 0.315 e. The average Bonchev–Trinajstić information content (AvgIpc) is 2.79. The minimum atomic E-state index is -0.218. The van der Waals surface area contributed by atoms with Gasteiger partial charge in [0.2, 0.25) is 0 Å². The van der Waals surface area contributed by atoms with Crippen molar-refractivity contribution in [2.24, 2.45) is 7.05 Å². The fourth-order valence-corrected chi connectivity index (χ4v) is 2.68. The summed E-state index contributed by atoms with van der Waals surface area (Å²) in [5.41, 5.74) is 4.78. The maximum atomic E-state index is 12.0. The van der Waals surface area contributed by atoms with Crippen LogP contribution in [0.5, 0.6) is 0 Å². The highest BCUT2D eigenvalue weighted by Crippen LogP contribution is 2.14. The minimum Gasteiger partial charge on any atom is -0.335 e. The fourth-order valence-electron chi connectivity index (χ4n) is 2.68. The Kier molecular flexibility index (Phi) is 5.59. The van der Waals surface area contributed by atoms with E-state index < -0.39 is 0 Å². The monoisotopic (exact) mass is 325 g/mol. The van der Waals surface area contributed by atoms with Crippen LogP contribution in [0.2, 0.25) is 0 Å². The number of amides is 2. The van der Waals surface area contributed by atoms with E-state index in [1.54, 1.807) is 12.1 Å². The van der Waals surface area contributed by atoms with Crippen LogP contribution in [-0.4, -0.2) is 21.9 Å². The van der Waals surface area contributed by atoms with Gasteiger partial charge in [0, 0.05) is 25.3 Å². The molecule has 2 N–H and O–H groups in total. The highest BCUT2D eigenvalue weighted by atomic mass is 16.2. The SMILES string of the molecule is Cc1nn(C)c(C)c1C[C@@H](C)NC(=O)NCc1cccc(C#N)c1. The predicted molar refractivity (Wildman–Crippen MR) is 92.4 cm³/mol. The molecule has 0 aliphatic rings. The number of carbonyl (C=O) groups is 1. The van der Waals surface area contributed by atoms with Crippen molar-refractivity contribution in [1.29, 1.82) is 5.26 Å². The number of aromatic nitrogens is 2. The zero-order valence-electron chi connectivity index (χ0n) is 14.6. The summed E-state index contributed by atoms with van der Waals surface area (Å²) < 4.78 is 1.86. The van der Waals surface area contributed by atoms with E-state index in [4.69, 9.17) is 5.26 Å². The Morgan fingerprint density at radius 1 is 1.42 bits per heavy atom. The summed E-state index contributed by atoms with van der Waals surface area (Å²) in [5, 5.41) is 19.0. The van der Waals surface area contributed by atoms with Gasteiger partial charge in [0.25, 0.3) is 0 Å². The molecule has 0 aliphatic heterocycles. The largest absolute Gasteiger partial charge is 0.335 e. The number of rotatable bonds is 5. The van der Waals surface area contributed by atoms with Crippen LogP contribution in [0, 0.1) is 25.2 Å². The van der Waals surface area contributed by atoms with Crippen LogP contribution in [0.1, 0.15) is 35.0 Å². The van der Waals surface area contributed by atoms with Crippen molar-refractivity contribution in [2.75, 3.05) is 0 Å². The maximum Gasteiger partial charge on any atom is 0.315 e. The van der Waals surface area contributed by atoms with Crippen molar-refractivity contribution < 1.29 is 4.79 Å². The minimum absolute atomic E-state index is 0.00274. The third kappa shape index (κ3) is 4.35. The summed E-state index contributed by atoms with van der Waals surface area (Å²) in [6, 6.07) is 9.07. The van der Waals surface area contributed by atoms with Crippen LogP contribution in [-0.2, 0) is 20.0 Å². The molecule has 0 spiro atoms. The lowest BCUT2D eigenvalue weighted by Gasteiger charge is -2.15. The summed E-state index contributed by atoms with van der Waals surface area (Å²) >= 11 is 0. The standard InChI is InChI=1S/C18H23N5O/c1-12(8-17-13(2)22-23(4)14(17)3)21-18(24)20-11-16-7-5-6-15(9-16)10-19/h5-7,9,12H,8,11H2,1-4H3,(H2,20,21,24)/t12-/m1/s1. The van der Waals surface area contributed by atoms with E-state index in [-0.39, 0.29) is 12.1 Å². The van der Waals surface area contributed by atoms with E-state index in [2.05, 4.69) is 21.8 Å². The first-order valence-electron chi connectivity index (χ1n) is 7.93. The van der Waals surface area contributed by atoms with Crippen LogP contribution in [0.4, 0.5) is 4.79 Å². The average molecular weight is 325 g/mol. The van der Waals surface area contributed by atoms with Gasteiger partial charge in [-0.2, -0.15) is 10.4 Å². The van der Waals surface area contributed by atoms with Crippen LogP contribution in [0.3, 0.4) is 0 Å². The molecule has 2 rings (SSSR count). The number of nitrogens with one attached hydrogen (secondary N) is 2. The lowest BCUT2D eigenvalue weighted by Crippen LogP contribution is -2.41. The summed E-state index contributed by atoms with van der Waals surface area (Å²) in [7, 11) is 1.92. The first-order valence-corrected chi connectivity index (χ1v) is 7.93. The number of aryl methyl sites for hydroxylation is 2. The van der Waals surface area contributed by atoms with Crippen LogP contribution in [0.15, 0.2) is 24.3 Å². The zero-order chi connectivity index (χ0) is 17.7. The van der Waals surface area contributed by atoms with Crippen LogP contribution in [0.25, 0.3) is 0 Å². The van der Waals surface area contributed by atoms with Gasteiger partial charge in [-0.05, 0) is 50.5 Å². The van der Waals surface area contributed by atoms with E-state index in [0.717, 1.165) is 23.4 Å². The topological polar surface area (TPSA) is 82.7 Å². The first-order chi connectivity index (χ1) is 11.4. The molecule has 1 atom stereocenters. The van der Waals surface area contributed by atoms with E-state index in [9.17, 15) is 4.79 Å². The summed E-state index contributed by atoms with van der Waals surface area (Å²) in [6.45, 7) is 6.38. The number of nitrogens with zero attached hydrogens (tertiary/aromatic N) is 3.